The fourth-order valence-electron chi connectivity index (χ4n) is 2.87. The quantitative estimate of drug-likeness (QED) is 0.854. The maximum Gasteiger partial charge on any atom is 0.254 e. The number of nitrogens with zero attached hydrogens (tertiary/aromatic N) is 2. The summed E-state index contributed by atoms with van der Waals surface area (Å²) in [7, 11) is 0. The third kappa shape index (κ3) is 3.26. The summed E-state index contributed by atoms with van der Waals surface area (Å²) in [5.41, 5.74) is 1.79. The summed E-state index contributed by atoms with van der Waals surface area (Å²) in [5, 5.41) is 0. The van der Waals surface area contributed by atoms with Gasteiger partial charge in [0.25, 0.3) is 5.91 Å². The van der Waals surface area contributed by atoms with Crippen LogP contribution in [0.25, 0.3) is 0 Å². The van der Waals surface area contributed by atoms with Gasteiger partial charge in [-0.25, -0.2) is 0 Å². The number of rotatable bonds is 4. The van der Waals surface area contributed by atoms with Crippen molar-refractivity contribution < 1.29 is 9.59 Å². The molecule has 1 heterocycles. The smallest absolute Gasteiger partial charge is 0.254 e. The van der Waals surface area contributed by atoms with Crippen LogP contribution < -0.4 is 0 Å². The van der Waals surface area contributed by atoms with Gasteiger partial charge in [-0.3, -0.25) is 9.59 Å². The number of carbonyl (C=O) groups excluding carboxylic acids is 2. The Balaban J connectivity index is 2.16. The molecular formula is C17H24N2O2. The third-order valence-electron chi connectivity index (χ3n) is 4.17. The molecule has 1 aliphatic heterocycles. The van der Waals surface area contributed by atoms with Gasteiger partial charge in [0.05, 0.1) is 0 Å². The minimum atomic E-state index is -0.293. The molecule has 4 heteroatoms. The number of carbonyl (C=O) groups is 2. The van der Waals surface area contributed by atoms with Crippen molar-refractivity contribution in [1.82, 2.24) is 9.80 Å². The van der Waals surface area contributed by atoms with Crippen molar-refractivity contribution in [2.24, 2.45) is 0 Å². The molecule has 1 aromatic rings. The second kappa shape index (κ2) is 6.74. The van der Waals surface area contributed by atoms with E-state index >= 15 is 0 Å². The summed E-state index contributed by atoms with van der Waals surface area (Å²) in [6, 6.07) is 7.26. The van der Waals surface area contributed by atoms with Gasteiger partial charge in [0.2, 0.25) is 5.91 Å². The molecule has 1 atom stereocenters. The lowest BCUT2D eigenvalue weighted by Crippen LogP contribution is -2.47. The second-order valence-corrected chi connectivity index (χ2v) is 5.53. The van der Waals surface area contributed by atoms with E-state index in [0.717, 1.165) is 18.4 Å². The Morgan fingerprint density at radius 3 is 2.38 bits per heavy atom. The van der Waals surface area contributed by atoms with Gasteiger partial charge in [-0.2, -0.15) is 0 Å². The normalized spacial score (nSPS) is 17.9. The molecule has 1 saturated heterocycles. The van der Waals surface area contributed by atoms with Crippen molar-refractivity contribution >= 4 is 11.8 Å². The van der Waals surface area contributed by atoms with Gasteiger partial charge in [0.1, 0.15) is 6.04 Å². The molecule has 0 aromatic heterocycles. The van der Waals surface area contributed by atoms with Crippen LogP contribution >= 0.6 is 0 Å². The van der Waals surface area contributed by atoms with E-state index in [-0.39, 0.29) is 17.9 Å². The van der Waals surface area contributed by atoms with E-state index in [1.165, 1.54) is 0 Å². The van der Waals surface area contributed by atoms with Crippen LogP contribution in [0.1, 0.15) is 42.6 Å². The molecular weight excluding hydrogens is 264 g/mol. The molecule has 0 radical (unpaired) electrons. The van der Waals surface area contributed by atoms with Crippen molar-refractivity contribution in [2.75, 3.05) is 19.6 Å². The van der Waals surface area contributed by atoms with Gasteiger partial charge >= 0.3 is 0 Å². The predicted molar refractivity (Wildman–Crippen MR) is 83.2 cm³/mol. The van der Waals surface area contributed by atoms with Gasteiger partial charge in [0.15, 0.2) is 0 Å². The molecule has 114 valence electrons. The van der Waals surface area contributed by atoms with Crippen LogP contribution in [0.15, 0.2) is 24.3 Å². The van der Waals surface area contributed by atoms with Crippen molar-refractivity contribution in [1.29, 1.82) is 0 Å². The van der Waals surface area contributed by atoms with Crippen molar-refractivity contribution in [3.8, 4) is 0 Å². The van der Waals surface area contributed by atoms with Gasteiger partial charge in [-0.15, -0.1) is 0 Å². The summed E-state index contributed by atoms with van der Waals surface area (Å²) in [6.45, 7) is 8.00. The monoisotopic (exact) mass is 288 g/mol. The number of hydrogen-bond acceptors (Lipinski definition) is 2. The molecule has 1 unspecified atom stereocenters. The van der Waals surface area contributed by atoms with E-state index < -0.39 is 0 Å². The summed E-state index contributed by atoms with van der Waals surface area (Å²) >= 11 is 0. The van der Waals surface area contributed by atoms with Crippen LogP contribution in [-0.4, -0.2) is 47.3 Å². The highest BCUT2D eigenvalue weighted by Crippen LogP contribution is 2.22. The summed E-state index contributed by atoms with van der Waals surface area (Å²) < 4.78 is 0. The lowest BCUT2D eigenvalue weighted by atomic mass is 10.1. The first-order chi connectivity index (χ1) is 10.1. The Morgan fingerprint density at radius 2 is 1.81 bits per heavy atom. The highest BCUT2D eigenvalue weighted by Gasteiger charge is 2.36. The van der Waals surface area contributed by atoms with Gasteiger partial charge in [-0.05, 0) is 45.7 Å². The Kier molecular flexibility index (Phi) is 4.99. The molecule has 1 aromatic carbocycles. The second-order valence-electron chi connectivity index (χ2n) is 5.53. The molecule has 2 amide bonds. The molecule has 0 aliphatic carbocycles. The third-order valence-corrected chi connectivity index (χ3v) is 4.17. The largest absolute Gasteiger partial charge is 0.341 e. The number of aryl methyl sites for hydroxylation is 1. The van der Waals surface area contributed by atoms with Crippen LogP contribution in [0.5, 0.6) is 0 Å². The fraction of sp³-hybridized carbons (Fsp3) is 0.529. The number of likely N-dealkylation sites (tertiary alicyclic amines) is 1. The Bertz CT molecular complexity index is 506. The van der Waals surface area contributed by atoms with E-state index in [4.69, 9.17) is 0 Å². The maximum absolute atomic E-state index is 12.6. The lowest BCUT2D eigenvalue weighted by molar-refractivity contribution is -0.134. The topological polar surface area (TPSA) is 40.6 Å². The van der Waals surface area contributed by atoms with Crippen LogP contribution in [-0.2, 0) is 4.79 Å². The highest BCUT2D eigenvalue weighted by molar-refractivity contribution is 5.98. The van der Waals surface area contributed by atoms with Crippen LogP contribution in [0.3, 0.4) is 0 Å². The summed E-state index contributed by atoms with van der Waals surface area (Å²) in [5.74, 6) is 0.0518. The summed E-state index contributed by atoms with van der Waals surface area (Å²) in [4.78, 5) is 28.7. The van der Waals surface area contributed by atoms with Crippen molar-refractivity contribution in [3.63, 3.8) is 0 Å². The highest BCUT2D eigenvalue weighted by atomic mass is 16.2. The predicted octanol–water partition coefficient (Wildman–Crippen LogP) is 2.47. The molecule has 1 fully saturated rings. The molecule has 1 aliphatic rings. The SMILES string of the molecule is CCN(CC)C(=O)C1CCCN1C(=O)c1ccc(C)cc1. The average Bonchev–Trinajstić information content (AvgIpc) is 2.97. The van der Waals surface area contributed by atoms with Crippen LogP contribution in [0.2, 0.25) is 0 Å². The van der Waals surface area contributed by atoms with E-state index in [1.807, 2.05) is 49.9 Å². The van der Waals surface area contributed by atoms with Crippen molar-refractivity contribution in [3.05, 3.63) is 35.4 Å². The molecule has 0 spiro atoms. The zero-order valence-electron chi connectivity index (χ0n) is 13.1. The minimum Gasteiger partial charge on any atom is -0.341 e. The van der Waals surface area contributed by atoms with Crippen LogP contribution in [0, 0.1) is 6.92 Å². The van der Waals surface area contributed by atoms with Gasteiger partial charge in [-0.1, -0.05) is 17.7 Å². The first-order valence-electron chi connectivity index (χ1n) is 7.74. The average molecular weight is 288 g/mol. The number of amides is 2. The molecule has 2 rings (SSSR count). The molecule has 0 N–H and O–H groups in total. The number of hydrogen-bond donors (Lipinski definition) is 0. The van der Waals surface area contributed by atoms with E-state index in [2.05, 4.69) is 0 Å². The fourth-order valence-corrected chi connectivity index (χ4v) is 2.87. The van der Waals surface area contributed by atoms with Gasteiger partial charge in [0, 0.05) is 25.2 Å². The molecule has 0 saturated carbocycles. The van der Waals surface area contributed by atoms with Crippen molar-refractivity contribution in [2.45, 2.75) is 39.7 Å². The maximum atomic E-state index is 12.6. The van der Waals surface area contributed by atoms with Gasteiger partial charge < -0.3 is 9.80 Å². The van der Waals surface area contributed by atoms with E-state index in [1.54, 1.807) is 4.90 Å². The van der Waals surface area contributed by atoms with Crippen LogP contribution in [0.4, 0.5) is 0 Å². The Labute approximate surface area is 126 Å². The first-order valence-corrected chi connectivity index (χ1v) is 7.74. The summed E-state index contributed by atoms with van der Waals surface area (Å²) in [6.07, 6.45) is 1.67. The zero-order chi connectivity index (χ0) is 15.4. The first kappa shape index (κ1) is 15.5. The standard InChI is InChI=1S/C17H24N2O2/c1-4-18(5-2)17(21)15-7-6-12-19(15)16(20)14-10-8-13(3)9-11-14/h8-11,15H,4-7,12H2,1-3H3. The molecule has 0 bridgehead atoms. The number of benzene rings is 1. The number of likely N-dealkylation sites (N-methyl/N-ethyl adjacent to an activating group) is 1. The minimum absolute atomic E-state index is 0.0296. The Morgan fingerprint density at radius 1 is 1.19 bits per heavy atom. The molecule has 21 heavy (non-hydrogen) atoms. The van der Waals surface area contributed by atoms with E-state index in [0.29, 0.717) is 25.2 Å². The molecule has 4 nitrogen and oxygen atoms in total. The van der Waals surface area contributed by atoms with E-state index in [9.17, 15) is 9.59 Å². The lowest BCUT2D eigenvalue weighted by Gasteiger charge is -2.29. The Hall–Kier alpha value is -1.84. The zero-order valence-corrected chi connectivity index (χ0v) is 13.1.